The molecule has 0 aromatic carbocycles. The molecule has 0 spiro atoms. The fraction of sp³-hybridized carbons (Fsp3) is 1.00. The maximum absolute atomic E-state index is 1.61. The molecule has 3 fully saturated rings. The zero-order valence-electron chi connectivity index (χ0n) is 32.0. The van der Waals surface area contributed by atoms with Crippen LogP contribution in [-0.4, -0.2) is 37.0 Å². The second-order valence-corrected chi connectivity index (χ2v) is 21.5. The van der Waals surface area contributed by atoms with Gasteiger partial charge in [-0.2, -0.15) is 0 Å². The number of rotatable bonds is 0. The van der Waals surface area contributed by atoms with Crippen molar-refractivity contribution in [3.05, 3.63) is 0 Å². The van der Waals surface area contributed by atoms with E-state index < -0.39 is 0 Å². The summed E-state index contributed by atoms with van der Waals surface area (Å²) in [5, 5.41) is 0. The lowest BCUT2D eigenvalue weighted by Crippen LogP contribution is -1.97. The third-order valence-electron chi connectivity index (χ3n) is 11.6. The Kier molecular flexibility index (Phi) is 33.4. The van der Waals surface area contributed by atoms with Gasteiger partial charge in [0.1, 0.15) is 0 Å². The topological polar surface area (TPSA) is 0 Å². The predicted octanol–water partition coefficient (Wildman–Crippen LogP) is 16.8. The van der Waals surface area contributed by atoms with Crippen LogP contribution in [0.4, 0.5) is 0 Å². The van der Waals surface area contributed by atoms with Crippen LogP contribution >= 0.6 is 15.8 Å². The summed E-state index contributed by atoms with van der Waals surface area (Å²) in [4.78, 5) is 0. The highest BCUT2D eigenvalue weighted by molar-refractivity contribution is 7.57. The lowest BCUT2D eigenvalue weighted by Gasteiger charge is -2.18. The van der Waals surface area contributed by atoms with E-state index in [2.05, 4.69) is 0 Å². The van der Waals surface area contributed by atoms with Crippen LogP contribution in [0, 0.1) is 0 Å². The van der Waals surface area contributed by atoms with E-state index in [1.165, 1.54) is 205 Å². The van der Waals surface area contributed by atoms with Gasteiger partial charge >= 0.3 is 0 Å². The van der Waals surface area contributed by atoms with Gasteiger partial charge < -0.3 is 0 Å². The molecule has 3 rings (SSSR count). The first-order valence-corrected chi connectivity index (χ1v) is 26.2. The summed E-state index contributed by atoms with van der Waals surface area (Å²) in [5.41, 5.74) is 0. The summed E-state index contributed by atoms with van der Waals surface area (Å²) in [5.74, 6) is 0. The fourth-order valence-electron chi connectivity index (χ4n) is 8.34. The molecule has 46 heavy (non-hydrogen) atoms. The Morgan fingerprint density at radius 3 is 0.304 bits per heavy atom. The molecule has 3 aliphatic rings. The Labute approximate surface area is 295 Å². The van der Waals surface area contributed by atoms with E-state index >= 15 is 0 Å². The van der Waals surface area contributed by atoms with Gasteiger partial charge in [-0.15, -0.1) is 15.8 Å². The fourth-order valence-corrected chi connectivity index (χ4v) is 13.7. The van der Waals surface area contributed by atoms with E-state index in [9.17, 15) is 0 Å². The molecule has 0 N–H and O–H groups in total. The Bertz CT molecular complexity index is 489. The number of hydrogen-bond donors (Lipinski definition) is 0. The van der Waals surface area contributed by atoms with Crippen LogP contribution in [0.25, 0.3) is 0 Å². The van der Waals surface area contributed by atoms with Crippen LogP contribution in [0.3, 0.4) is 0 Å². The first kappa shape index (κ1) is 43.0. The SMILES string of the molecule is C1CCCCCCCCP2CCCCCCCCCCCCCCP(CCCCCCC1)CCCCCCCCCCCCCC2. The van der Waals surface area contributed by atoms with Gasteiger partial charge in [-0.1, -0.05) is 205 Å². The van der Waals surface area contributed by atoms with Gasteiger partial charge in [0.2, 0.25) is 0 Å². The number of fused-ring (bicyclic) bond motifs is 41. The Balaban J connectivity index is 1.84. The average molecular weight is 679 g/mol. The zero-order chi connectivity index (χ0) is 32.3. The lowest BCUT2D eigenvalue weighted by molar-refractivity contribution is 0.538. The molecule has 3 aliphatic heterocycles. The quantitative estimate of drug-likeness (QED) is 0.224. The minimum absolute atomic E-state index is 0.329. The van der Waals surface area contributed by atoms with Crippen LogP contribution < -0.4 is 0 Å². The second kappa shape index (κ2) is 35.7. The smallest absolute Gasteiger partial charge is 0.0326 e. The molecular formula is C44H88P2. The molecule has 0 radical (unpaired) electrons. The van der Waals surface area contributed by atoms with Gasteiger partial charge in [-0.3, -0.25) is 0 Å². The Morgan fingerprint density at radius 1 is 0.109 bits per heavy atom. The average Bonchev–Trinajstić information content (AvgIpc) is 3.06. The standard InChI is InChI=1S/C44H88P2/c1-2-4-10-16-22-28-34-40-46-43-37-31-25-19-13-7-5-11-17-23-29-35-41-45(39-33-27-21-15-9-3-1)42-36-30-24-18-12-6-8-14-20-26-32-38-44-46/h1-44H2. The molecule has 0 saturated carbocycles. The molecule has 2 bridgehead atoms. The van der Waals surface area contributed by atoms with Gasteiger partial charge in [0.05, 0.1) is 0 Å². The summed E-state index contributed by atoms with van der Waals surface area (Å²) < 4.78 is 0. The van der Waals surface area contributed by atoms with E-state index in [4.69, 9.17) is 0 Å². The van der Waals surface area contributed by atoms with Crippen molar-refractivity contribution >= 4 is 15.8 Å². The molecule has 0 unspecified atom stereocenters. The van der Waals surface area contributed by atoms with E-state index in [0.29, 0.717) is 15.8 Å². The second-order valence-electron chi connectivity index (χ2n) is 16.1. The van der Waals surface area contributed by atoms with Gasteiger partial charge in [0.15, 0.2) is 0 Å². The molecule has 0 atom stereocenters. The highest BCUT2D eigenvalue weighted by atomic mass is 31.1. The first-order chi connectivity index (χ1) is 22.9. The largest absolute Gasteiger partial charge is 0.107 e. The van der Waals surface area contributed by atoms with Crippen LogP contribution in [0.5, 0.6) is 0 Å². The maximum atomic E-state index is 1.61. The van der Waals surface area contributed by atoms with E-state index in [0.717, 1.165) is 0 Å². The highest BCUT2D eigenvalue weighted by Gasteiger charge is 2.10. The predicted molar refractivity (Wildman–Crippen MR) is 218 cm³/mol. The molecule has 0 amide bonds. The lowest BCUT2D eigenvalue weighted by atomic mass is 10.0. The van der Waals surface area contributed by atoms with Crippen molar-refractivity contribution in [2.45, 2.75) is 244 Å². The summed E-state index contributed by atoms with van der Waals surface area (Å²) in [6.45, 7) is 0. The highest BCUT2D eigenvalue weighted by Crippen LogP contribution is 2.40. The van der Waals surface area contributed by atoms with Crippen molar-refractivity contribution in [2.75, 3.05) is 37.0 Å². The molecule has 3 heterocycles. The zero-order valence-corrected chi connectivity index (χ0v) is 33.8. The van der Waals surface area contributed by atoms with Crippen molar-refractivity contribution in [1.82, 2.24) is 0 Å². The van der Waals surface area contributed by atoms with Gasteiger partial charge in [-0.05, 0) is 75.5 Å². The molecule has 0 aromatic heterocycles. The molecule has 3 saturated heterocycles. The van der Waals surface area contributed by atoms with Crippen LogP contribution in [0.15, 0.2) is 0 Å². The van der Waals surface area contributed by atoms with Gasteiger partial charge in [-0.25, -0.2) is 0 Å². The van der Waals surface area contributed by atoms with Gasteiger partial charge in [0.25, 0.3) is 0 Å². The molecule has 2 heteroatoms. The Hall–Kier alpha value is 0.860. The van der Waals surface area contributed by atoms with E-state index in [-0.39, 0.29) is 0 Å². The van der Waals surface area contributed by atoms with E-state index in [1.807, 2.05) is 0 Å². The van der Waals surface area contributed by atoms with Gasteiger partial charge in [0, 0.05) is 0 Å². The molecule has 274 valence electrons. The summed E-state index contributed by atoms with van der Waals surface area (Å²) in [7, 11) is 0.659. The van der Waals surface area contributed by atoms with Crippen molar-refractivity contribution in [1.29, 1.82) is 0 Å². The number of hydrogen-bond acceptors (Lipinski definition) is 0. The van der Waals surface area contributed by atoms with Crippen LogP contribution in [-0.2, 0) is 0 Å². The summed E-state index contributed by atoms with van der Waals surface area (Å²) >= 11 is 0. The van der Waals surface area contributed by atoms with Crippen molar-refractivity contribution in [2.24, 2.45) is 0 Å². The maximum Gasteiger partial charge on any atom is -0.0326 e. The molecule has 0 nitrogen and oxygen atoms in total. The Morgan fingerprint density at radius 2 is 0.196 bits per heavy atom. The third kappa shape index (κ3) is 29.7. The molecular weight excluding hydrogens is 590 g/mol. The minimum Gasteiger partial charge on any atom is -0.107 e. The van der Waals surface area contributed by atoms with Crippen LogP contribution in [0.1, 0.15) is 244 Å². The van der Waals surface area contributed by atoms with Crippen molar-refractivity contribution < 1.29 is 0 Å². The summed E-state index contributed by atoms with van der Waals surface area (Å²) in [6.07, 6.45) is 67.5. The van der Waals surface area contributed by atoms with Crippen molar-refractivity contribution in [3.8, 4) is 0 Å². The van der Waals surface area contributed by atoms with Crippen molar-refractivity contribution in [3.63, 3.8) is 0 Å². The monoisotopic (exact) mass is 679 g/mol. The molecule has 0 aromatic rings. The van der Waals surface area contributed by atoms with E-state index in [1.54, 1.807) is 75.5 Å². The summed E-state index contributed by atoms with van der Waals surface area (Å²) in [6, 6.07) is 0. The minimum atomic E-state index is 0.329. The molecule has 0 aliphatic carbocycles. The van der Waals surface area contributed by atoms with Crippen LogP contribution in [0.2, 0.25) is 0 Å². The first-order valence-electron chi connectivity index (χ1n) is 22.4. The normalized spacial score (nSPS) is 27.7. The third-order valence-corrected chi connectivity index (χ3v) is 17.3.